The van der Waals surface area contributed by atoms with Crippen LogP contribution in [0.4, 0.5) is 8.78 Å². The molecular weight excluding hydrogens is 186 g/mol. The van der Waals surface area contributed by atoms with Gasteiger partial charge in [-0.25, -0.2) is 8.78 Å². The summed E-state index contributed by atoms with van der Waals surface area (Å²) < 4.78 is 26.6. The summed E-state index contributed by atoms with van der Waals surface area (Å²) in [6, 6.07) is -0.172. The van der Waals surface area contributed by atoms with Gasteiger partial charge in [-0.3, -0.25) is 4.98 Å². The summed E-state index contributed by atoms with van der Waals surface area (Å²) in [5, 5.41) is 0. The van der Waals surface area contributed by atoms with Crippen molar-refractivity contribution in [2.45, 2.75) is 25.8 Å². The number of nitrogens with zero attached hydrogens (tertiary/aromatic N) is 1. The zero-order valence-corrected chi connectivity index (χ0v) is 8.09. The summed E-state index contributed by atoms with van der Waals surface area (Å²) in [5.74, 6) is -1.43. The smallest absolute Gasteiger partial charge is 0.147 e. The lowest BCUT2D eigenvalue weighted by Crippen LogP contribution is -2.07. The van der Waals surface area contributed by atoms with Gasteiger partial charge in [0.1, 0.15) is 11.6 Å². The second-order valence-electron chi connectivity index (χ2n) is 4.34. The molecule has 2 nitrogen and oxygen atoms in total. The van der Waals surface area contributed by atoms with Crippen LogP contribution in [-0.2, 0) is 0 Å². The number of hydrogen-bond donors (Lipinski definition) is 1. The molecule has 4 heteroatoms. The van der Waals surface area contributed by atoms with Crippen molar-refractivity contribution in [1.82, 2.24) is 4.98 Å². The van der Waals surface area contributed by atoms with Gasteiger partial charge in [0, 0.05) is 17.5 Å². The molecule has 1 aromatic heterocycles. The standard InChI is InChI=1S/C10H12F2N2/c1-10(2)8(9(10)13)7-5(11)3-14-4-6(7)12/h3-4,8-9H,13H2,1-2H3/t8-,9-/m0/s1. The summed E-state index contributed by atoms with van der Waals surface area (Å²) in [7, 11) is 0. The van der Waals surface area contributed by atoms with E-state index in [1.165, 1.54) is 0 Å². The Balaban J connectivity index is 2.44. The predicted octanol–water partition coefficient (Wildman–Crippen LogP) is 1.81. The van der Waals surface area contributed by atoms with Crippen LogP contribution < -0.4 is 5.73 Å². The first-order valence-electron chi connectivity index (χ1n) is 4.50. The lowest BCUT2D eigenvalue weighted by molar-refractivity contribution is 0.523. The molecule has 1 aromatic rings. The van der Waals surface area contributed by atoms with Crippen LogP contribution in [0.1, 0.15) is 25.3 Å². The maximum Gasteiger partial charge on any atom is 0.147 e. The summed E-state index contributed by atoms with van der Waals surface area (Å²) >= 11 is 0. The second-order valence-corrected chi connectivity index (χ2v) is 4.34. The molecule has 2 atom stereocenters. The molecular formula is C10H12F2N2. The lowest BCUT2D eigenvalue weighted by Gasteiger charge is -2.04. The van der Waals surface area contributed by atoms with Gasteiger partial charge >= 0.3 is 0 Å². The molecule has 0 spiro atoms. The Kier molecular flexibility index (Phi) is 1.86. The van der Waals surface area contributed by atoms with Gasteiger partial charge in [0.15, 0.2) is 0 Å². The van der Waals surface area contributed by atoms with Crippen LogP contribution in [0, 0.1) is 17.0 Å². The average molecular weight is 198 g/mol. The molecule has 1 aliphatic rings. The Morgan fingerprint density at radius 2 is 1.71 bits per heavy atom. The third-order valence-electron chi connectivity index (χ3n) is 3.11. The molecule has 1 fully saturated rings. The van der Waals surface area contributed by atoms with E-state index in [1.54, 1.807) is 0 Å². The maximum atomic E-state index is 13.3. The van der Waals surface area contributed by atoms with Crippen molar-refractivity contribution in [1.29, 1.82) is 0 Å². The van der Waals surface area contributed by atoms with Crippen molar-refractivity contribution in [2.75, 3.05) is 0 Å². The van der Waals surface area contributed by atoms with Gasteiger partial charge in [0.2, 0.25) is 0 Å². The van der Waals surface area contributed by atoms with E-state index in [9.17, 15) is 8.78 Å². The van der Waals surface area contributed by atoms with Crippen molar-refractivity contribution in [3.63, 3.8) is 0 Å². The molecule has 2 N–H and O–H groups in total. The first kappa shape index (κ1) is 9.52. The van der Waals surface area contributed by atoms with Crippen LogP contribution in [0.25, 0.3) is 0 Å². The highest BCUT2D eigenvalue weighted by Crippen LogP contribution is 2.58. The highest BCUT2D eigenvalue weighted by atomic mass is 19.1. The Labute approximate surface area is 81.1 Å². The molecule has 0 aromatic carbocycles. The lowest BCUT2D eigenvalue weighted by atomic mass is 10.0. The highest BCUT2D eigenvalue weighted by molar-refractivity contribution is 5.34. The summed E-state index contributed by atoms with van der Waals surface area (Å²) in [6.45, 7) is 3.81. The van der Waals surface area contributed by atoms with Crippen molar-refractivity contribution in [3.05, 3.63) is 29.6 Å². The monoisotopic (exact) mass is 198 g/mol. The number of nitrogens with two attached hydrogens (primary N) is 1. The molecule has 0 aliphatic heterocycles. The Morgan fingerprint density at radius 1 is 1.29 bits per heavy atom. The van der Waals surface area contributed by atoms with Gasteiger partial charge in [-0.1, -0.05) is 13.8 Å². The van der Waals surface area contributed by atoms with Crippen LogP contribution in [0.15, 0.2) is 12.4 Å². The van der Waals surface area contributed by atoms with Gasteiger partial charge in [-0.15, -0.1) is 0 Å². The molecule has 14 heavy (non-hydrogen) atoms. The molecule has 2 rings (SSSR count). The van der Waals surface area contributed by atoms with E-state index in [2.05, 4.69) is 4.98 Å². The molecule has 0 radical (unpaired) electrons. The Hall–Kier alpha value is -1.03. The molecule has 0 amide bonds. The molecule has 1 aliphatic carbocycles. The third-order valence-corrected chi connectivity index (χ3v) is 3.11. The highest BCUT2D eigenvalue weighted by Gasteiger charge is 2.58. The quantitative estimate of drug-likeness (QED) is 0.747. The molecule has 76 valence electrons. The average Bonchev–Trinajstić information content (AvgIpc) is 2.54. The van der Waals surface area contributed by atoms with E-state index in [0.29, 0.717) is 0 Å². The van der Waals surface area contributed by atoms with Crippen molar-refractivity contribution in [2.24, 2.45) is 11.1 Å². The van der Waals surface area contributed by atoms with Crippen LogP contribution in [0.5, 0.6) is 0 Å². The van der Waals surface area contributed by atoms with E-state index >= 15 is 0 Å². The minimum absolute atomic E-state index is 0.0810. The molecule has 1 heterocycles. The largest absolute Gasteiger partial charge is 0.327 e. The van der Waals surface area contributed by atoms with Crippen molar-refractivity contribution < 1.29 is 8.78 Å². The van der Waals surface area contributed by atoms with Gasteiger partial charge in [0.05, 0.1) is 12.4 Å². The first-order valence-corrected chi connectivity index (χ1v) is 4.50. The summed E-state index contributed by atoms with van der Waals surface area (Å²) in [5.41, 5.74) is 5.62. The topological polar surface area (TPSA) is 38.9 Å². The van der Waals surface area contributed by atoms with Crippen LogP contribution in [-0.4, -0.2) is 11.0 Å². The molecule has 0 saturated heterocycles. The van der Waals surface area contributed by atoms with Crippen molar-refractivity contribution >= 4 is 0 Å². The molecule has 1 saturated carbocycles. The summed E-state index contributed by atoms with van der Waals surface area (Å²) in [6.07, 6.45) is 2.05. The Bertz CT molecular complexity index is 356. The second kappa shape index (κ2) is 2.73. The van der Waals surface area contributed by atoms with E-state index in [4.69, 9.17) is 5.73 Å². The van der Waals surface area contributed by atoms with Gasteiger partial charge < -0.3 is 5.73 Å². The van der Waals surface area contributed by atoms with Crippen LogP contribution in [0.2, 0.25) is 0 Å². The summed E-state index contributed by atoms with van der Waals surface area (Å²) in [4.78, 5) is 3.44. The SMILES string of the molecule is CC1(C)[C@@H](N)[C@@H]1c1c(F)cncc1F. The van der Waals surface area contributed by atoms with E-state index < -0.39 is 11.6 Å². The van der Waals surface area contributed by atoms with Crippen molar-refractivity contribution in [3.8, 4) is 0 Å². The van der Waals surface area contributed by atoms with E-state index in [0.717, 1.165) is 12.4 Å². The Morgan fingerprint density at radius 3 is 2.07 bits per heavy atom. The number of aromatic nitrogens is 1. The van der Waals surface area contributed by atoms with Crippen LogP contribution in [0.3, 0.4) is 0 Å². The van der Waals surface area contributed by atoms with Crippen LogP contribution >= 0.6 is 0 Å². The minimum Gasteiger partial charge on any atom is -0.327 e. The van der Waals surface area contributed by atoms with Gasteiger partial charge in [-0.05, 0) is 5.41 Å². The number of halogens is 2. The molecule has 0 unspecified atom stereocenters. The number of pyridine rings is 1. The molecule has 0 bridgehead atoms. The van der Waals surface area contributed by atoms with E-state index in [-0.39, 0.29) is 22.9 Å². The fraction of sp³-hybridized carbons (Fsp3) is 0.500. The van der Waals surface area contributed by atoms with Gasteiger partial charge in [0.25, 0.3) is 0 Å². The zero-order chi connectivity index (χ0) is 10.5. The zero-order valence-electron chi connectivity index (χ0n) is 8.09. The third kappa shape index (κ3) is 1.14. The maximum absolute atomic E-state index is 13.3. The number of hydrogen-bond acceptors (Lipinski definition) is 2. The minimum atomic E-state index is -0.601. The first-order chi connectivity index (χ1) is 6.46. The normalized spacial score (nSPS) is 28.9. The van der Waals surface area contributed by atoms with E-state index in [1.807, 2.05) is 13.8 Å². The van der Waals surface area contributed by atoms with Gasteiger partial charge in [-0.2, -0.15) is 0 Å². The number of rotatable bonds is 1. The predicted molar refractivity (Wildman–Crippen MR) is 48.7 cm³/mol. The fourth-order valence-electron chi connectivity index (χ4n) is 1.95. The fourth-order valence-corrected chi connectivity index (χ4v) is 1.95.